The van der Waals surface area contributed by atoms with Gasteiger partial charge in [-0.05, 0) is 33.8 Å². The van der Waals surface area contributed by atoms with Crippen LogP contribution in [-0.4, -0.2) is 41.3 Å². The van der Waals surface area contributed by atoms with Gasteiger partial charge >= 0.3 is 6.03 Å². The highest BCUT2D eigenvalue weighted by atomic mass is 16.5. The Balaban J connectivity index is 2.69. The molecule has 0 spiro atoms. The van der Waals surface area contributed by atoms with Crippen LogP contribution in [-0.2, 0) is 6.54 Å². The van der Waals surface area contributed by atoms with E-state index in [-0.39, 0.29) is 24.3 Å². The van der Waals surface area contributed by atoms with Crippen molar-refractivity contribution in [3.05, 3.63) is 29.8 Å². The molecule has 2 amide bonds. The molecule has 0 aromatic heterocycles. The van der Waals surface area contributed by atoms with Gasteiger partial charge in [0, 0.05) is 19.2 Å². The van der Waals surface area contributed by atoms with Crippen LogP contribution in [0.5, 0.6) is 5.75 Å². The van der Waals surface area contributed by atoms with Crippen LogP contribution in [0.1, 0.15) is 33.3 Å². The zero-order valence-corrected chi connectivity index (χ0v) is 13.5. The van der Waals surface area contributed by atoms with Crippen molar-refractivity contribution in [3.63, 3.8) is 0 Å². The molecule has 0 aliphatic heterocycles. The van der Waals surface area contributed by atoms with Crippen LogP contribution < -0.4 is 10.1 Å². The average Bonchev–Trinajstić information content (AvgIpc) is 2.42. The minimum absolute atomic E-state index is 0.0619. The van der Waals surface area contributed by atoms with Gasteiger partial charge in [-0.15, -0.1) is 0 Å². The van der Waals surface area contributed by atoms with Crippen molar-refractivity contribution >= 4 is 6.03 Å². The molecule has 0 bridgehead atoms. The number of benzene rings is 1. The summed E-state index contributed by atoms with van der Waals surface area (Å²) >= 11 is 0. The van der Waals surface area contributed by atoms with Gasteiger partial charge in [0.15, 0.2) is 0 Å². The van der Waals surface area contributed by atoms with Crippen LogP contribution in [0, 0.1) is 0 Å². The molecule has 5 heteroatoms. The van der Waals surface area contributed by atoms with E-state index in [4.69, 9.17) is 9.84 Å². The number of hydrogen-bond acceptors (Lipinski definition) is 3. The minimum atomic E-state index is -0.289. The Bertz CT molecular complexity index is 469. The number of likely N-dealkylation sites (N-methyl/N-ethyl adjacent to an activating group) is 1. The largest absolute Gasteiger partial charge is 0.488 e. The first-order valence-corrected chi connectivity index (χ1v) is 7.13. The summed E-state index contributed by atoms with van der Waals surface area (Å²) in [4.78, 5) is 13.5. The number of hydrogen-bond donors (Lipinski definition) is 2. The molecule has 1 atom stereocenters. The number of rotatable bonds is 5. The standard InChI is InChI=1S/C16H26N2O3/c1-12(11-19)18(5)15(20)17-10-13-8-6-7-9-14(13)21-16(2,3)4/h6-9,12,19H,10-11H2,1-5H3,(H,17,20). The molecule has 0 radical (unpaired) electrons. The van der Waals surface area contributed by atoms with E-state index < -0.39 is 0 Å². The first-order chi connectivity index (χ1) is 9.74. The monoisotopic (exact) mass is 294 g/mol. The first kappa shape index (κ1) is 17.3. The molecule has 1 aromatic rings. The summed E-state index contributed by atoms with van der Waals surface area (Å²) in [5.74, 6) is 0.767. The van der Waals surface area contributed by atoms with Gasteiger partial charge in [0.1, 0.15) is 11.4 Å². The molecule has 0 aliphatic rings. The predicted molar refractivity (Wildman–Crippen MR) is 83.4 cm³/mol. The van der Waals surface area contributed by atoms with Gasteiger partial charge in [-0.25, -0.2) is 4.79 Å². The lowest BCUT2D eigenvalue weighted by atomic mass is 10.1. The molecule has 0 aliphatic carbocycles. The Kier molecular flexibility index (Phi) is 6.03. The van der Waals surface area contributed by atoms with E-state index in [1.807, 2.05) is 45.0 Å². The number of urea groups is 1. The second kappa shape index (κ2) is 7.31. The summed E-state index contributed by atoms with van der Waals surface area (Å²) in [6.07, 6.45) is 0. The zero-order valence-electron chi connectivity index (χ0n) is 13.5. The number of carbonyl (C=O) groups is 1. The highest BCUT2D eigenvalue weighted by molar-refractivity contribution is 5.74. The lowest BCUT2D eigenvalue weighted by Gasteiger charge is -2.25. The summed E-state index contributed by atoms with van der Waals surface area (Å²) in [6, 6.07) is 7.21. The third kappa shape index (κ3) is 5.63. The van der Waals surface area contributed by atoms with Crippen molar-refractivity contribution in [2.75, 3.05) is 13.7 Å². The number of ether oxygens (including phenoxy) is 1. The fourth-order valence-corrected chi connectivity index (χ4v) is 1.70. The molecule has 1 rings (SSSR count). The molecule has 118 valence electrons. The van der Waals surface area contributed by atoms with Crippen molar-refractivity contribution in [2.45, 2.75) is 45.9 Å². The van der Waals surface area contributed by atoms with E-state index in [1.54, 1.807) is 14.0 Å². The van der Waals surface area contributed by atoms with E-state index in [9.17, 15) is 4.79 Å². The summed E-state index contributed by atoms with van der Waals surface area (Å²) < 4.78 is 5.89. The third-order valence-electron chi connectivity index (χ3n) is 3.06. The first-order valence-electron chi connectivity index (χ1n) is 7.13. The fraction of sp³-hybridized carbons (Fsp3) is 0.562. The van der Waals surface area contributed by atoms with Gasteiger partial charge in [0.2, 0.25) is 0 Å². The highest BCUT2D eigenvalue weighted by Gasteiger charge is 2.17. The van der Waals surface area contributed by atoms with Crippen LogP contribution in [0.3, 0.4) is 0 Å². The van der Waals surface area contributed by atoms with Crippen molar-refractivity contribution in [1.82, 2.24) is 10.2 Å². The molecule has 0 saturated heterocycles. The molecular formula is C16H26N2O3. The van der Waals surface area contributed by atoms with Gasteiger partial charge in [0.25, 0.3) is 0 Å². The Hall–Kier alpha value is -1.75. The average molecular weight is 294 g/mol. The maximum absolute atomic E-state index is 12.0. The van der Waals surface area contributed by atoms with Crippen LogP contribution in [0.4, 0.5) is 4.79 Å². The van der Waals surface area contributed by atoms with Crippen molar-refractivity contribution in [3.8, 4) is 5.75 Å². The summed E-state index contributed by atoms with van der Waals surface area (Å²) in [7, 11) is 1.66. The molecule has 1 aromatic carbocycles. The van der Waals surface area contributed by atoms with Crippen LogP contribution in [0.2, 0.25) is 0 Å². The number of aliphatic hydroxyl groups excluding tert-OH is 1. The number of nitrogens with one attached hydrogen (secondary N) is 1. The second-order valence-electron chi connectivity index (χ2n) is 6.12. The van der Waals surface area contributed by atoms with E-state index in [2.05, 4.69) is 5.32 Å². The maximum atomic E-state index is 12.0. The Morgan fingerprint density at radius 2 is 2.00 bits per heavy atom. The fourth-order valence-electron chi connectivity index (χ4n) is 1.70. The van der Waals surface area contributed by atoms with Gasteiger partial charge in [-0.1, -0.05) is 18.2 Å². The molecule has 1 unspecified atom stereocenters. The summed E-state index contributed by atoms with van der Waals surface area (Å²) in [6.45, 7) is 8.06. The lowest BCUT2D eigenvalue weighted by molar-refractivity contribution is 0.129. The van der Waals surface area contributed by atoms with Gasteiger partial charge in [0.05, 0.1) is 12.6 Å². The van der Waals surface area contributed by atoms with Crippen molar-refractivity contribution in [1.29, 1.82) is 0 Å². The van der Waals surface area contributed by atoms with Gasteiger partial charge in [-0.2, -0.15) is 0 Å². The third-order valence-corrected chi connectivity index (χ3v) is 3.06. The number of aliphatic hydroxyl groups is 1. The Labute approximate surface area is 126 Å². The topological polar surface area (TPSA) is 61.8 Å². The Morgan fingerprint density at radius 1 is 1.38 bits per heavy atom. The van der Waals surface area contributed by atoms with E-state index >= 15 is 0 Å². The number of amides is 2. The van der Waals surface area contributed by atoms with E-state index in [0.717, 1.165) is 11.3 Å². The van der Waals surface area contributed by atoms with Gasteiger partial charge < -0.3 is 20.1 Å². The molecule has 0 heterocycles. The number of para-hydroxylation sites is 1. The normalized spacial score (nSPS) is 12.7. The van der Waals surface area contributed by atoms with Crippen LogP contribution >= 0.6 is 0 Å². The smallest absolute Gasteiger partial charge is 0.317 e. The van der Waals surface area contributed by atoms with E-state index in [0.29, 0.717) is 6.54 Å². The quantitative estimate of drug-likeness (QED) is 0.876. The van der Waals surface area contributed by atoms with Crippen LogP contribution in [0.25, 0.3) is 0 Å². The molecule has 0 fully saturated rings. The van der Waals surface area contributed by atoms with Crippen molar-refractivity contribution in [2.24, 2.45) is 0 Å². The lowest BCUT2D eigenvalue weighted by Crippen LogP contribution is -2.43. The molecule has 0 saturated carbocycles. The van der Waals surface area contributed by atoms with Crippen LogP contribution in [0.15, 0.2) is 24.3 Å². The Morgan fingerprint density at radius 3 is 2.57 bits per heavy atom. The number of nitrogens with zero attached hydrogens (tertiary/aromatic N) is 1. The summed E-state index contributed by atoms with van der Waals surface area (Å²) in [5, 5.41) is 11.9. The molecule has 2 N–H and O–H groups in total. The zero-order chi connectivity index (χ0) is 16.0. The van der Waals surface area contributed by atoms with E-state index in [1.165, 1.54) is 4.90 Å². The minimum Gasteiger partial charge on any atom is -0.488 e. The maximum Gasteiger partial charge on any atom is 0.317 e. The summed E-state index contributed by atoms with van der Waals surface area (Å²) in [5.41, 5.74) is 0.633. The molecular weight excluding hydrogens is 268 g/mol. The van der Waals surface area contributed by atoms with Gasteiger partial charge in [-0.3, -0.25) is 0 Å². The predicted octanol–water partition coefficient (Wildman–Crippen LogP) is 2.39. The second-order valence-corrected chi connectivity index (χ2v) is 6.12. The highest BCUT2D eigenvalue weighted by Crippen LogP contribution is 2.22. The number of carbonyl (C=O) groups excluding carboxylic acids is 1. The molecule has 21 heavy (non-hydrogen) atoms. The molecule has 5 nitrogen and oxygen atoms in total. The SMILES string of the molecule is CC(CO)N(C)C(=O)NCc1ccccc1OC(C)(C)C. The van der Waals surface area contributed by atoms with Crippen molar-refractivity contribution < 1.29 is 14.6 Å².